The van der Waals surface area contributed by atoms with E-state index >= 15 is 0 Å². The molecule has 1 N–H and O–H groups in total. The Labute approximate surface area is 114 Å². The minimum absolute atomic E-state index is 0.103. The van der Waals surface area contributed by atoms with Crippen LogP contribution in [0, 0.1) is 0 Å². The summed E-state index contributed by atoms with van der Waals surface area (Å²) < 4.78 is 40.3. The average Bonchev–Trinajstić information content (AvgIpc) is 2.52. The smallest absolute Gasteiger partial charge is 0.379 e. The maximum Gasteiger partial charge on any atom is 0.418 e. The van der Waals surface area contributed by atoms with Gasteiger partial charge in [0.25, 0.3) is 0 Å². The summed E-state index contributed by atoms with van der Waals surface area (Å²) >= 11 is 2.99. The first kappa shape index (κ1) is 14.1. The van der Waals surface area contributed by atoms with E-state index in [1.54, 1.807) is 0 Å². The number of fused-ring (bicyclic) bond motifs is 1. The molecule has 0 amide bonds. The summed E-state index contributed by atoms with van der Waals surface area (Å²) in [6.45, 7) is 0. The second kappa shape index (κ2) is 4.38. The molecule has 4 nitrogen and oxygen atoms in total. The lowest BCUT2D eigenvalue weighted by molar-refractivity contribution is -0.207. The molecule has 0 aliphatic carbocycles. The van der Waals surface area contributed by atoms with E-state index in [0.29, 0.717) is 11.0 Å². The van der Waals surface area contributed by atoms with E-state index in [-0.39, 0.29) is 15.7 Å². The summed E-state index contributed by atoms with van der Waals surface area (Å²) in [5, 5.41) is 9.32. The van der Waals surface area contributed by atoms with Gasteiger partial charge in [-0.1, -0.05) is 15.9 Å². The van der Waals surface area contributed by atoms with E-state index < -0.39 is 12.3 Å². The summed E-state index contributed by atoms with van der Waals surface area (Å²) in [5.41, 5.74) is 0.147. The maximum absolute atomic E-state index is 12.6. The lowest BCUT2D eigenvalue weighted by Crippen LogP contribution is -2.20. The van der Waals surface area contributed by atoms with E-state index in [9.17, 15) is 23.1 Å². The molecule has 0 aliphatic rings. The number of nitrogens with zero attached hydrogens (tertiary/aromatic N) is 2. The predicted octanol–water partition coefficient (Wildman–Crippen LogP) is 2.24. The molecule has 1 atom stereocenters. The van der Waals surface area contributed by atoms with Crippen molar-refractivity contribution in [1.82, 2.24) is 9.13 Å². The van der Waals surface area contributed by atoms with Crippen LogP contribution in [-0.2, 0) is 14.1 Å². The van der Waals surface area contributed by atoms with Crippen LogP contribution in [0.4, 0.5) is 13.2 Å². The van der Waals surface area contributed by atoms with Crippen molar-refractivity contribution >= 4 is 27.0 Å². The Morgan fingerprint density at radius 1 is 1.21 bits per heavy atom. The molecule has 0 bridgehead atoms. The minimum Gasteiger partial charge on any atom is -0.379 e. The Kier molecular flexibility index (Phi) is 3.26. The highest BCUT2D eigenvalue weighted by Crippen LogP contribution is 2.37. The van der Waals surface area contributed by atoms with Gasteiger partial charge in [0.15, 0.2) is 6.10 Å². The van der Waals surface area contributed by atoms with Crippen molar-refractivity contribution in [3.63, 3.8) is 0 Å². The number of rotatable bonds is 1. The van der Waals surface area contributed by atoms with Gasteiger partial charge in [-0.3, -0.25) is 9.13 Å². The van der Waals surface area contributed by atoms with Crippen LogP contribution in [0.5, 0.6) is 0 Å². The number of benzene rings is 1. The fourth-order valence-corrected chi connectivity index (χ4v) is 2.47. The highest BCUT2D eigenvalue weighted by Gasteiger charge is 2.40. The number of hydrogen-bond acceptors (Lipinski definition) is 2. The second-order valence-electron chi connectivity index (χ2n) is 4.21. The predicted molar refractivity (Wildman–Crippen MR) is 66.9 cm³/mol. The van der Waals surface area contributed by atoms with Gasteiger partial charge in [-0.15, -0.1) is 0 Å². The third-order valence-electron chi connectivity index (χ3n) is 3.00. The topological polar surface area (TPSA) is 47.2 Å². The van der Waals surface area contributed by atoms with Crippen molar-refractivity contribution in [2.45, 2.75) is 12.3 Å². The third-order valence-corrected chi connectivity index (χ3v) is 3.68. The second-order valence-corrected chi connectivity index (χ2v) is 5.06. The normalized spacial score (nSPS) is 14.1. The maximum atomic E-state index is 12.6. The molecule has 1 unspecified atom stereocenters. The molecule has 0 saturated heterocycles. The highest BCUT2D eigenvalue weighted by molar-refractivity contribution is 9.10. The molecule has 1 aromatic heterocycles. The first-order chi connectivity index (χ1) is 8.64. The standard InChI is InChI=1S/C11H10BrF3N2O2/c1-16-7-3-5(9(18)11(13,14)15)6(12)4-8(7)17(2)10(16)19/h3-4,9,18H,1-2H3. The molecule has 104 valence electrons. The number of aromatic nitrogens is 2. The molecule has 19 heavy (non-hydrogen) atoms. The van der Waals surface area contributed by atoms with Gasteiger partial charge in [0, 0.05) is 24.1 Å². The zero-order valence-electron chi connectivity index (χ0n) is 9.99. The van der Waals surface area contributed by atoms with Crippen molar-refractivity contribution < 1.29 is 18.3 Å². The summed E-state index contributed by atoms with van der Waals surface area (Å²) in [7, 11) is 2.99. The summed E-state index contributed by atoms with van der Waals surface area (Å²) in [4.78, 5) is 11.7. The van der Waals surface area contributed by atoms with Crippen molar-refractivity contribution in [1.29, 1.82) is 0 Å². The van der Waals surface area contributed by atoms with Crippen LogP contribution >= 0.6 is 15.9 Å². The van der Waals surface area contributed by atoms with Crippen LogP contribution in [0.1, 0.15) is 11.7 Å². The van der Waals surface area contributed by atoms with Gasteiger partial charge in [0.2, 0.25) is 0 Å². The number of hydrogen-bond donors (Lipinski definition) is 1. The monoisotopic (exact) mass is 338 g/mol. The molecular weight excluding hydrogens is 329 g/mol. The van der Waals surface area contributed by atoms with Gasteiger partial charge in [0.05, 0.1) is 11.0 Å². The van der Waals surface area contributed by atoms with Gasteiger partial charge in [-0.25, -0.2) is 4.79 Å². The van der Waals surface area contributed by atoms with Crippen LogP contribution in [0.3, 0.4) is 0 Å². The summed E-state index contributed by atoms with van der Waals surface area (Å²) in [5.74, 6) is 0. The molecule has 8 heteroatoms. The van der Waals surface area contributed by atoms with Crippen molar-refractivity contribution in [2.75, 3.05) is 0 Å². The Balaban J connectivity index is 2.76. The molecule has 0 radical (unpaired) electrons. The molecule has 0 aliphatic heterocycles. The van der Waals surface area contributed by atoms with Crippen LogP contribution in [0.15, 0.2) is 21.4 Å². The van der Waals surface area contributed by atoms with Crippen LogP contribution in [0.2, 0.25) is 0 Å². The third kappa shape index (κ3) is 2.18. The fourth-order valence-electron chi connectivity index (χ4n) is 1.92. The Morgan fingerprint density at radius 2 is 1.68 bits per heavy atom. The molecule has 1 heterocycles. The number of alkyl halides is 3. The molecule has 0 saturated carbocycles. The Hall–Kier alpha value is -1.28. The summed E-state index contributed by atoms with van der Waals surface area (Å²) in [6.07, 6.45) is -7.36. The van der Waals surface area contributed by atoms with Gasteiger partial charge in [-0.2, -0.15) is 13.2 Å². The first-order valence-electron chi connectivity index (χ1n) is 5.24. The zero-order valence-corrected chi connectivity index (χ0v) is 11.6. The molecular formula is C11H10BrF3N2O2. The lowest BCUT2D eigenvalue weighted by Gasteiger charge is -2.16. The number of imidazole rings is 1. The van der Waals surface area contributed by atoms with E-state index in [4.69, 9.17) is 0 Å². The lowest BCUT2D eigenvalue weighted by atomic mass is 10.1. The zero-order chi connectivity index (χ0) is 14.5. The van der Waals surface area contributed by atoms with Gasteiger partial charge >= 0.3 is 11.9 Å². The van der Waals surface area contributed by atoms with Crippen LogP contribution in [0.25, 0.3) is 11.0 Å². The number of halogens is 4. The molecule has 1 aromatic carbocycles. The summed E-state index contributed by atoms with van der Waals surface area (Å²) in [6, 6.07) is 2.56. The van der Waals surface area contributed by atoms with Crippen LogP contribution in [-0.4, -0.2) is 20.4 Å². The Bertz CT molecular complexity index is 702. The molecule has 0 fully saturated rings. The number of aliphatic hydroxyl groups excluding tert-OH is 1. The largest absolute Gasteiger partial charge is 0.418 e. The Morgan fingerprint density at radius 3 is 2.16 bits per heavy atom. The molecule has 0 spiro atoms. The van der Waals surface area contributed by atoms with E-state index in [0.717, 1.165) is 0 Å². The van der Waals surface area contributed by atoms with E-state index in [2.05, 4.69) is 15.9 Å². The quantitative estimate of drug-likeness (QED) is 0.866. The minimum atomic E-state index is -4.76. The fraction of sp³-hybridized carbons (Fsp3) is 0.364. The van der Waals surface area contributed by atoms with Gasteiger partial charge in [0.1, 0.15) is 0 Å². The molecule has 2 rings (SSSR count). The number of aryl methyl sites for hydroxylation is 2. The van der Waals surface area contributed by atoms with Crippen LogP contribution < -0.4 is 5.69 Å². The molecule has 2 aromatic rings. The van der Waals surface area contributed by atoms with E-state index in [1.165, 1.54) is 35.4 Å². The first-order valence-corrected chi connectivity index (χ1v) is 6.03. The van der Waals surface area contributed by atoms with E-state index in [1.807, 2.05) is 0 Å². The average molecular weight is 339 g/mol. The SMILES string of the molecule is Cn1c(=O)n(C)c2cc(C(O)C(F)(F)F)c(Br)cc21. The highest BCUT2D eigenvalue weighted by atomic mass is 79.9. The van der Waals surface area contributed by atoms with Crippen molar-refractivity contribution in [3.05, 3.63) is 32.7 Å². The van der Waals surface area contributed by atoms with Crippen molar-refractivity contribution in [3.8, 4) is 0 Å². The van der Waals surface area contributed by atoms with Gasteiger partial charge in [-0.05, 0) is 12.1 Å². The van der Waals surface area contributed by atoms with Crippen molar-refractivity contribution in [2.24, 2.45) is 14.1 Å². The van der Waals surface area contributed by atoms with Gasteiger partial charge < -0.3 is 5.11 Å². The number of aliphatic hydroxyl groups is 1.